The number of hydrogen-bond donors (Lipinski definition) is 0. The van der Waals surface area contributed by atoms with Crippen molar-refractivity contribution in [1.82, 2.24) is 24.7 Å². The van der Waals surface area contributed by atoms with Gasteiger partial charge in [-0.15, -0.1) is 10.2 Å². The molecule has 0 atom stereocenters. The lowest BCUT2D eigenvalue weighted by Gasteiger charge is -2.04. The molecule has 1 aromatic carbocycles. The summed E-state index contributed by atoms with van der Waals surface area (Å²) in [4.78, 5) is 10.8. The Morgan fingerprint density at radius 3 is 2.68 bits per heavy atom. The zero-order valence-corrected chi connectivity index (χ0v) is 19.3. The summed E-state index contributed by atoms with van der Waals surface area (Å²) in [6.45, 7) is 5.19. The summed E-state index contributed by atoms with van der Waals surface area (Å²) in [5.41, 5.74) is 0.830. The van der Waals surface area contributed by atoms with Gasteiger partial charge in [0.2, 0.25) is 5.16 Å². The van der Waals surface area contributed by atoms with Gasteiger partial charge in [0, 0.05) is 0 Å². The maximum absolute atomic E-state index is 13.0. The molecular weight excluding hydrogens is 465 g/mol. The molecule has 0 radical (unpaired) electrons. The van der Waals surface area contributed by atoms with Crippen LogP contribution >= 0.6 is 11.8 Å². The van der Waals surface area contributed by atoms with Gasteiger partial charge in [-0.1, -0.05) is 11.8 Å². The van der Waals surface area contributed by atoms with Crippen LogP contribution in [0.5, 0.6) is 5.75 Å². The van der Waals surface area contributed by atoms with Gasteiger partial charge >= 0.3 is 5.69 Å². The molecule has 0 N–H and O–H groups in total. The average molecular weight is 486 g/mol. The van der Waals surface area contributed by atoms with Crippen LogP contribution in [0.1, 0.15) is 28.7 Å². The number of halogens is 1. The molecule has 0 aliphatic rings. The minimum absolute atomic E-state index is 0.00768. The SMILES string of the molecule is Cc1nn(CSc2nnc(C)n2/N=C/c2ccc(COc3ccc(F)cc3)o2)c(C)c1[N+](=O)[O-]. The van der Waals surface area contributed by atoms with Gasteiger partial charge in [-0.05, 0) is 57.2 Å². The van der Waals surface area contributed by atoms with Gasteiger partial charge in [-0.2, -0.15) is 14.9 Å². The molecule has 3 aromatic heterocycles. The first-order valence-electron chi connectivity index (χ1n) is 10.1. The van der Waals surface area contributed by atoms with Gasteiger partial charge in [-0.25, -0.2) is 4.39 Å². The van der Waals surface area contributed by atoms with Crippen molar-refractivity contribution in [3.8, 4) is 5.75 Å². The highest BCUT2D eigenvalue weighted by Crippen LogP contribution is 2.25. The summed E-state index contributed by atoms with van der Waals surface area (Å²) in [6, 6.07) is 9.23. The maximum Gasteiger partial charge on any atom is 0.312 e. The van der Waals surface area contributed by atoms with E-state index < -0.39 is 4.92 Å². The standard InChI is InChI=1S/C21H20FN7O4S/c1-13-20(29(30)31)14(2)27(26-13)12-34-21-25-24-15(3)28(21)23-10-18-8-9-19(33-18)11-32-17-6-4-16(22)5-7-17/h4-10H,11-12H2,1-3H3/b23-10+. The number of benzene rings is 1. The Hall–Kier alpha value is -4.00. The van der Waals surface area contributed by atoms with E-state index in [0.717, 1.165) is 0 Å². The van der Waals surface area contributed by atoms with Crippen LogP contribution in [0.25, 0.3) is 0 Å². The third-order valence-electron chi connectivity index (χ3n) is 4.79. The van der Waals surface area contributed by atoms with Crippen molar-refractivity contribution in [3.63, 3.8) is 0 Å². The van der Waals surface area contributed by atoms with Crippen molar-refractivity contribution < 1.29 is 18.5 Å². The van der Waals surface area contributed by atoms with Gasteiger partial charge < -0.3 is 9.15 Å². The molecule has 4 aromatic rings. The Morgan fingerprint density at radius 1 is 1.21 bits per heavy atom. The maximum atomic E-state index is 13.0. The van der Waals surface area contributed by atoms with Crippen molar-refractivity contribution in [2.45, 2.75) is 38.4 Å². The van der Waals surface area contributed by atoms with Crippen LogP contribution < -0.4 is 4.74 Å². The number of hydrogen-bond acceptors (Lipinski definition) is 9. The smallest absolute Gasteiger partial charge is 0.312 e. The first-order chi connectivity index (χ1) is 16.3. The Bertz CT molecular complexity index is 1340. The van der Waals surface area contributed by atoms with Crippen molar-refractivity contribution >= 4 is 23.7 Å². The van der Waals surface area contributed by atoms with Crippen LogP contribution in [0.2, 0.25) is 0 Å². The predicted octanol–water partition coefficient (Wildman–Crippen LogP) is 4.25. The topological polar surface area (TPSA) is 126 Å². The van der Waals surface area contributed by atoms with Crippen LogP contribution in [-0.4, -0.2) is 35.8 Å². The first kappa shape index (κ1) is 23.2. The second kappa shape index (κ2) is 9.87. The molecule has 34 heavy (non-hydrogen) atoms. The largest absolute Gasteiger partial charge is 0.486 e. The Kier molecular flexibility index (Phi) is 6.72. The van der Waals surface area contributed by atoms with Crippen LogP contribution in [0.3, 0.4) is 0 Å². The van der Waals surface area contributed by atoms with E-state index in [1.54, 1.807) is 54.4 Å². The Morgan fingerprint density at radius 2 is 1.97 bits per heavy atom. The number of thioether (sulfide) groups is 1. The van der Waals surface area contributed by atoms with E-state index in [1.807, 2.05) is 0 Å². The van der Waals surface area contributed by atoms with Crippen LogP contribution in [0.15, 0.2) is 51.1 Å². The van der Waals surface area contributed by atoms with Gasteiger partial charge in [-0.3, -0.25) is 14.8 Å². The number of aryl methyl sites for hydroxylation is 2. The normalized spacial score (nSPS) is 11.4. The lowest BCUT2D eigenvalue weighted by atomic mass is 10.3. The van der Waals surface area contributed by atoms with Crippen molar-refractivity contribution in [1.29, 1.82) is 0 Å². The number of nitrogens with zero attached hydrogens (tertiary/aromatic N) is 7. The summed E-state index contributed by atoms with van der Waals surface area (Å²) in [7, 11) is 0. The van der Waals surface area contributed by atoms with E-state index >= 15 is 0 Å². The Balaban J connectivity index is 1.41. The summed E-state index contributed by atoms with van der Waals surface area (Å²) in [5.74, 6) is 2.14. The fourth-order valence-corrected chi connectivity index (χ4v) is 3.99. The summed E-state index contributed by atoms with van der Waals surface area (Å²) >= 11 is 1.29. The summed E-state index contributed by atoms with van der Waals surface area (Å²) in [5, 5.41) is 28.5. The highest BCUT2D eigenvalue weighted by Gasteiger charge is 2.22. The molecule has 0 aliphatic heterocycles. The number of ether oxygens (including phenoxy) is 1. The highest BCUT2D eigenvalue weighted by molar-refractivity contribution is 7.98. The zero-order chi connectivity index (χ0) is 24.2. The molecule has 13 heteroatoms. The lowest BCUT2D eigenvalue weighted by molar-refractivity contribution is -0.386. The van der Waals surface area contributed by atoms with E-state index in [1.165, 1.54) is 30.1 Å². The predicted molar refractivity (Wildman–Crippen MR) is 121 cm³/mol. The summed E-state index contributed by atoms with van der Waals surface area (Å²) < 4.78 is 27.4. The van der Waals surface area contributed by atoms with Crippen molar-refractivity contribution in [2.24, 2.45) is 5.10 Å². The second-order valence-corrected chi connectivity index (χ2v) is 8.09. The number of furan rings is 1. The molecule has 3 heterocycles. The first-order valence-corrected chi connectivity index (χ1v) is 11.0. The third kappa shape index (κ3) is 5.14. The molecule has 11 nitrogen and oxygen atoms in total. The fraction of sp³-hybridized carbons (Fsp3) is 0.238. The molecule has 0 fully saturated rings. The Labute approximate surface area is 197 Å². The molecule has 0 unspecified atom stereocenters. The second-order valence-electron chi connectivity index (χ2n) is 7.18. The van der Waals surface area contributed by atoms with Crippen LogP contribution in [-0.2, 0) is 12.5 Å². The minimum atomic E-state index is -0.432. The van der Waals surface area contributed by atoms with Gasteiger partial charge in [0.15, 0.2) is 5.82 Å². The van der Waals surface area contributed by atoms with E-state index in [4.69, 9.17) is 9.15 Å². The van der Waals surface area contributed by atoms with E-state index in [2.05, 4.69) is 20.4 Å². The van der Waals surface area contributed by atoms with Crippen molar-refractivity contribution in [2.75, 3.05) is 0 Å². The number of rotatable bonds is 9. The number of nitro groups is 1. The van der Waals surface area contributed by atoms with E-state index in [0.29, 0.717) is 45.5 Å². The zero-order valence-electron chi connectivity index (χ0n) is 18.5. The van der Waals surface area contributed by atoms with E-state index in [9.17, 15) is 14.5 Å². The summed E-state index contributed by atoms with van der Waals surface area (Å²) in [6.07, 6.45) is 1.52. The molecule has 0 saturated carbocycles. The monoisotopic (exact) mass is 485 g/mol. The molecule has 4 rings (SSSR count). The van der Waals surface area contributed by atoms with Gasteiger partial charge in [0.25, 0.3) is 0 Å². The highest BCUT2D eigenvalue weighted by atomic mass is 32.2. The molecule has 0 bridgehead atoms. The molecule has 0 amide bonds. The van der Waals surface area contributed by atoms with Crippen LogP contribution in [0, 0.1) is 36.7 Å². The minimum Gasteiger partial charge on any atom is -0.486 e. The third-order valence-corrected chi connectivity index (χ3v) is 5.67. The average Bonchev–Trinajstić information content (AvgIpc) is 3.47. The molecule has 176 valence electrons. The number of aromatic nitrogens is 5. The van der Waals surface area contributed by atoms with Crippen LogP contribution in [0.4, 0.5) is 10.1 Å². The molecular formula is C21H20FN7O4S. The lowest BCUT2D eigenvalue weighted by Crippen LogP contribution is -2.02. The van der Waals surface area contributed by atoms with Crippen molar-refractivity contribution in [3.05, 3.63) is 81.1 Å². The molecule has 0 aliphatic carbocycles. The van der Waals surface area contributed by atoms with Gasteiger partial charge in [0.05, 0.1) is 17.0 Å². The quantitative estimate of drug-likeness (QED) is 0.149. The van der Waals surface area contributed by atoms with Gasteiger partial charge in [0.1, 0.15) is 41.1 Å². The molecule has 0 spiro atoms. The fourth-order valence-electron chi connectivity index (χ4n) is 3.10. The van der Waals surface area contributed by atoms with E-state index in [-0.39, 0.29) is 18.1 Å². The molecule has 0 saturated heterocycles.